The quantitative estimate of drug-likeness (QED) is 0.171. The summed E-state index contributed by atoms with van der Waals surface area (Å²) in [4.78, 5) is 16.5. The van der Waals surface area contributed by atoms with Crippen molar-refractivity contribution in [2.24, 2.45) is 4.99 Å². The highest BCUT2D eigenvalue weighted by molar-refractivity contribution is 14.0. The fourth-order valence-electron chi connectivity index (χ4n) is 2.73. The summed E-state index contributed by atoms with van der Waals surface area (Å²) >= 11 is 0. The first-order chi connectivity index (χ1) is 14.6. The van der Waals surface area contributed by atoms with E-state index in [-0.39, 0.29) is 42.6 Å². The Kier molecular flexibility index (Phi) is 10.9. The summed E-state index contributed by atoms with van der Waals surface area (Å²) in [5.41, 5.74) is -1.05. The molecule has 6 nitrogen and oxygen atoms in total. The minimum atomic E-state index is -4.44. The number of rotatable bonds is 8. The fraction of sp³-hybridized carbons (Fsp3) is 0.364. The molecule has 2 aromatic carbocycles. The van der Waals surface area contributed by atoms with Crippen LogP contribution in [0.25, 0.3) is 0 Å². The number of alkyl halides is 3. The number of carbonyl (C=O) groups excluding carboxylic acids is 1. The summed E-state index contributed by atoms with van der Waals surface area (Å²) in [5.74, 6) is 0.00644. The largest absolute Gasteiger partial charge is 0.416 e. The zero-order valence-corrected chi connectivity index (χ0v) is 20.2. The maximum Gasteiger partial charge on any atom is 0.416 e. The van der Waals surface area contributed by atoms with Gasteiger partial charge >= 0.3 is 6.18 Å². The summed E-state index contributed by atoms with van der Waals surface area (Å²) < 4.78 is 37.8. The Morgan fingerprint density at radius 3 is 2.09 bits per heavy atom. The van der Waals surface area contributed by atoms with Gasteiger partial charge in [-0.05, 0) is 43.7 Å². The lowest BCUT2D eigenvalue weighted by atomic mass is 9.96. The van der Waals surface area contributed by atoms with E-state index >= 15 is 0 Å². The molecule has 32 heavy (non-hydrogen) atoms. The molecule has 0 fully saturated rings. The lowest BCUT2D eigenvalue weighted by Gasteiger charge is -2.22. The summed E-state index contributed by atoms with van der Waals surface area (Å²) in [5, 5.41) is 19.4. The molecule has 176 valence electrons. The molecule has 0 radical (unpaired) electrons. The average Bonchev–Trinajstić information content (AvgIpc) is 2.75. The molecule has 10 heteroatoms. The molecule has 4 N–H and O–H groups in total. The minimum Gasteiger partial charge on any atom is -0.384 e. The summed E-state index contributed by atoms with van der Waals surface area (Å²) in [6.45, 7) is 4.89. The highest BCUT2D eigenvalue weighted by Crippen LogP contribution is 2.29. The molecule has 0 saturated carbocycles. The van der Waals surface area contributed by atoms with Gasteiger partial charge in [-0.3, -0.25) is 4.79 Å². The van der Waals surface area contributed by atoms with Crippen molar-refractivity contribution in [2.75, 3.05) is 26.2 Å². The first-order valence-corrected chi connectivity index (χ1v) is 9.89. The van der Waals surface area contributed by atoms with Crippen molar-refractivity contribution in [3.8, 4) is 0 Å². The Labute approximate surface area is 202 Å². The van der Waals surface area contributed by atoms with Crippen LogP contribution >= 0.6 is 24.0 Å². The van der Waals surface area contributed by atoms with Gasteiger partial charge in [-0.15, -0.1) is 24.0 Å². The van der Waals surface area contributed by atoms with Crippen LogP contribution in [0.3, 0.4) is 0 Å². The first-order valence-electron chi connectivity index (χ1n) is 9.89. The highest BCUT2D eigenvalue weighted by Gasteiger charge is 2.30. The minimum absolute atomic E-state index is 0. The molecule has 1 amide bonds. The third-order valence-corrected chi connectivity index (χ3v) is 4.46. The van der Waals surface area contributed by atoms with Crippen molar-refractivity contribution >= 4 is 35.8 Å². The SMILES string of the molecule is CCNC(=NCC(C)(O)c1ccccc1)NCCNC(=O)c1ccc(C(F)(F)F)cc1.I. The van der Waals surface area contributed by atoms with E-state index < -0.39 is 23.2 Å². The molecule has 1 atom stereocenters. The maximum absolute atomic E-state index is 12.6. The van der Waals surface area contributed by atoms with Crippen LogP contribution in [0.15, 0.2) is 59.6 Å². The summed E-state index contributed by atoms with van der Waals surface area (Å²) in [6, 6.07) is 13.2. The van der Waals surface area contributed by atoms with Crippen molar-refractivity contribution in [3.05, 3.63) is 71.3 Å². The molecule has 0 bridgehead atoms. The molecular weight excluding hydrogens is 536 g/mol. The number of benzene rings is 2. The number of hydrogen-bond acceptors (Lipinski definition) is 3. The van der Waals surface area contributed by atoms with E-state index in [4.69, 9.17) is 0 Å². The van der Waals surface area contributed by atoms with Gasteiger partial charge in [-0.1, -0.05) is 30.3 Å². The number of aliphatic imine (C=N–C) groups is 1. The number of guanidine groups is 1. The van der Waals surface area contributed by atoms with Gasteiger partial charge in [0.05, 0.1) is 12.1 Å². The Morgan fingerprint density at radius 2 is 1.53 bits per heavy atom. The lowest BCUT2D eigenvalue weighted by molar-refractivity contribution is -0.137. The van der Waals surface area contributed by atoms with E-state index in [1.54, 1.807) is 6.92 Å². The number of nitrogens with one attached hydrogen (secondary N) is 3. The van der Waals surface area contributed by atoms with Crippen LogP contribution in [0.5, 0.6) is 0 Å². The van der Waals surface area contributed by atoms with Crippen LogP contribution in [0.2, 0.25) is 0 Å². The van der Waals surface area contributed by atoms with Gasteiger partial charge in [0.2, 0.25) is 0 Å². The van der Waals surface area contributed by atoms with Gasteiger partial charge in [0.1, 0.15) is 5.60 Å². The monoisotopic (exact) mass is 564 g/mol. The lowest BCUT2D eigenvalue weighted by Crippen LogP contribution is -2.42. The van der Waals surface area contributed by atoms with Crippen LogP contribution in [0.4, 0.5) is 13.2 Å². The zero-order valence-electron chi connectivity index (χ0n) is 17.9. The molecule has 0 aliphatic heterocycles. The van der Waals surface area contributed by atoms with E-state index in [0.717, 1.165) is 29.8 Å². The number of halogens is 4. The van der Waals surface area contributed by atoms with E-state index in [1.807, 2.05) is 37.3 Å². The van der Waals surface area contributed by atoms with Crippen molar-refractivity contribution in [2.45, 2.75) is 25.6 Å². The second-order valence-corrected chi connectivity index (χ2v) is 7.09. The van der Waals surface area contributed by atoms with Gasteiger partial charge < -0.3 is 21.1 Å². The predicted molar refractivity (Wildman–Crippen MR) is 129 cm³/mol. The molecule has 1 unspecified atom stereocenters. The van der Waals surface area contributed by atoms with Crippen LogP contribution in [-0.2, 0) is 11.8 Å². The van der Waals surface area contributed by atoms with Crippen molar-refractivity contribution in [1.82, 2.24) is 16.0 Å². The van der Waals surface area contributed by atoms with Crippen molar-refractivity contribution in [1.29, 1.82) is 0 Å². The first kappa shape index (κ1) is 27.7. The third kappa shape index (κ3) is 8.65. The van der Waals surface area contributed by atoms with Gasteiger partial charge in [0.15, 0.2) is 5.96 Å². The molecule has 2 aromatic rings. The van der Waals surface area contributed by atoms with Crippen molar-refractivity contribution in [3.63, 3.8) is 0 Å². The molecule has 0 aliphatic carbocycles. The molecule has 2 rings (SSSR count). The standard InChI is InChI=1S/C22H27F3N4O2.HI/c1-3-26-20(29-15-21(2,31)17-7-5-4-6-8-17)28-14-13-27-19(30)16-9-11-18(12-10-16)22(23,24)25;/h4-12,31H,3,13-15H2,1-2H3,(H,27,30)(H2,26,28,29);1H. The number of carbonyl (C=O) groups is 1. The third-order valence-electron chi connectivity index (χ3n) is 4.46. The number of nitrogens with zero attached hydrogens (tertiary/aromatic N) is 1. The molecule has 0 heterocycles. The summed E-state index contributed by atoms with van der Waals surface area (Å²) in [7, 11) is 0. The second-order valence-electron chi connectivity index (χ2n) is 7.09. The Bertz CT molecular complexity index is 873. The topological polar surface area (TPSA) is 85.8 Å². The van der Waals surface area contributed by atoms with Gasteiger partial charge in [-0.25, -0.2) is 4.99 Å². The number of aliphatic hydroxyl groups is 1. The fourth-order valence-corrected chi connectivity index (χ4v) is 2.73. The maximum atomic E-state index is 12.6. The molecule has 0 aromatic heterocycles. The number of hydrogen-bond donors (Lipinski definition) is 4. The smallest absolute Gasteiger partial charge is 0.384 e. The summed E-state index contributed by atoms with van der Waals surface area (Å²) in [6.07, 6.45) is -4.44. The van der Waals surface area contributed by atoms with E-state index in [9.17, 15) is 23.1 Å². The van der Waals surface area contributed by atoms with Gasteiger partial charge in [0, 0.05) is 25.2 Å². The van der Waals surface area contributed by atoms with Crippen LogP contribution in [0, 0.1) is 0 Å². The zero-order chi connectivity index (χ0) is 22.9. The van der Waals surface area contributed by atoms with E-state index in [2.05, 4.69) is 20.9 Å². The Balaban J connectivity index is 0.00000512. The van der Waals surface area contributed by atoms with Gasteiger partial charge in [-0.2, -0.15) is 13.2 Å². The molecule has 0 aliphatic rings. The van der Waals surface area contributed by atoms with E-state index in [0.29, 0.717) is 19.0 Å². The molecular formula is C22H28F3IN4O2. The number of amides is 1. The normalized spacial score (nSPS) is 13.5. The van der Waals surface area contributed by atoms with Crippen molar-refractivity contribution < 1.29 is 23.1 Å². The van der Waals surface area contributed by atoms with Crippen LogP contribution in [-0.4, -0.2) is 43.2 Å². The Morgan fingerprint density at radius 1 is 0.938 bits per heavy atom. The average molecular weight is 564 g/mol. The molecule has 0 saturated heterocycles. The van der Waals surface area contributed by atoms with Crippen LogP contribution < -0.4 is 16.0 Å². The van der Waals surface area contributed by atoms with E-state index in [1.165, 1.54) is 0 Å². The second kappa shape index (κ2) is 12.6. The molecule has 0 spiro atoms. The highest BCUT2D eigenvalue weighted by atomic mass is 127. The Hall–Kier alpha value is -2.34. The predicted octanol–water partition coefficient (Wildman–Crippen LogP) is 3.52. The van der Waals surface area contributed by atoms with Crippen LogP contribution in [0.1, 0.15) is 35.3 Å². The van der Waals surface area contributed by atoms with Gasteiger partial charge in [0.25, 0.3) is 5.91 Å².